The minimum atomic E-state index is -0.459. The van der Waals surface area contributed by atoms with E-state index < -0.39 is 5.41 Å². The van der Waals surface area contributed by atoms with Crippen LogP contribution in [0.4, 0.5) is 0 Å². The van der Waals surface area contributed by atoms with E-state index in [9.17, 15) is 4.79 Å². The van der Waals surface area contributed by atoms with Crippen LogP contribution < -0.4 is 9.47 Å². The molecule has 1 aliphatic heterocycles. The van der Waals surface area contributed by atoms with Crippen LogP contribution in [0.3, 0.4) is 0 Å². The van der Waals surface area contributed by atoms with Gasteiger partial charge in [0.1, 0.15) is 6.10 Å². The maximum Gasteiger partial charge on any atom is 0.311 e. The summed E-state index contributed by atoms with van der Waals surface area (Å²) in [6.45, 7) is 6.79. The van der Waals surface area contributed by atoms with Crippen LogP contribution in [0, 0.1) is 5.41 Å². The van der Waals surface area contributed by atoms with Crippen molar-refractivity contribution in [3.8, 4) is 11.5 Å². The molecule has 3 atom stereocenters. The smallest absolute Gasteiger partial charge is 0.311 e. The van der Waals surface area contributed by atoms with Crippen LogP contribution >= 0.6 is 0 Å². The number of nitrogens with zero attached hydrogens (tertiary/aromatic N) is 1. The number of fused-ring (bicyclic) bond motifs is 1. The molecule has 0 unspecified atom stereocenters. The Kier molecular flexibility index (Phi) is 5.44. The predicted molar refractivity (Wildman–Crippen MR) is 105 cm³/mol. The quantitative estimate of drug-likeness (QED) is 0.750. The van der Waals surface area contributed by atoms with E-state index in [1.54, 1.807) is 14.2 Å². The molecule has 0 amide bonds. The van der Waals surface area contributed by atoms with Gasteiger partial charge in [0, 0.05) is 17.9 Å². The number of hydrogen-bond donors (Lipinski definition) is 0. The minimum absolute atomic E-state index is 0.00413. The highest BCUT2D eigenvalue weighted by Crippen LogP contribution is 2.50. The van der Waals surface area contributed by atoms with Gasteiger partial charge in [0.05, 0.1) is 19.6 Å². The summed E-state index contributed by atoms with van der Waals surface area (Å²) < 4.78 is 16.8. The molecule has 27 heavy (non-hydrogen) atoms. The van der Waals surface area contributed by atoms with Crippen molar-refractivity contribution in [3.63, 3.8) is 0 Å². The Morgan fingerprint density at radius 3 is 2.48 bits per heavy atom. The second-order valence-electron chi connectivity index (χ2n) is 9.02. The molecule has 150 valence electrons. The van der Waals surface area contributed by atoms with E-state index in [1.165, 1.54) is 5.56 Å². The zero-order valence-electron chi connectivity index (χ0n) is 17.5. The maximum atomic E-state index is 12.3. The van der Waals surface area contributed by atoms with Crippen LogP contribution in [0.2, 0.25) is 0 Å². The summed E-state index contributed by atoms with van der Waals surface area (Å²) in [6, 6.07) is 6.67. The number of hydrogen-bond acceptors (Lipinski definition) is 5. The molecule has 1 aliphatic carbocycles. The van der Waals surface area contributed by atoms with Crippen molar-refractivity contribution in [2.45, 2.75) is 64.0 Å². The van der Waals surface area contributed by atoms with Gasteiger partial charge in [-0.3, -0.25) is 4.79 Å². The topological polar surface area (TPSA) is 48.0 Å². The lowest BCUT2D eigenvalue weighted by atomic mass is 9.65. The molecule has 5 nitrogen and oxygen atoms in total. The fourth-order valence-electron chi connectivity index (χ4n) is 4.66. The van der Waals surface area contributed by atoms with Crippen molar-refractivity contribution in [2.24, 2.45) is 5.41 Å². The largest absolute Gasteiger partial charge is 0.493 e. The van der Waals surface area contributed by atoms with Crippen LogP contribution in [0.25, 0.3) is 0 Å². The third kappa shape index (κ3) is 3.66. The number of benzene rings is 1. The molecule has 0 aromatic heterocycles. The normalized spacial score (nSPS) is 28.5. The number of ether oxygens (including phenoxy) is 3. The summed E-state index contributed by atoms with van der Waals surface area (Å²) in [4.78, 5) is 14.8. The molecular formula is C22H33NO4. The van der Waals surface area contributed by atoms with Crippen LogP contribution in [0.5, 0.6) is 11.5 Å². The Balaban J connectivity index is 1.85. The Bertz CT molecular complexity index is 696. The Labute approximate surface area is 163 Å². The van der Waals surface area contributed by atoms with E-state index >= 15 is 0 Å². The van der Waals surface area contributed by atoms with Crippen molar-refractivity contribution >= 4 is 5.97 Å². The molecule has 0 spiro atoms. The third-order valence-corrected chi connectivity index (χ3v) is 6.32. The SMILES string of the molecule is COc1ccc([C@@]23CC[C@@H](OC(=O)C(C)(C)C)C[C@@H]2N(C)CC3)cc1OC. The molecule has 1 saturated carbocycles. The van der Waals surface area contributed by atoms with Crippen molar-refractivity contribution in [3.05, 3.63) is 23.8 Å². The van der Waals surface area contributed by atoms with Crippen LogP contribution in [-0.4, -0.2) is 50.8 Å². The van der Waals surface area contributed by atoms with Gasteiger partial charge in [0.15, 0.2) is 11.5 Å². The zero-order chi connectivity index (χ0) is 19.8. The van der Waals surface area contributed by atoms with Crippen LogP contribution in [0.1, 0.15) is 52.0 Å². The molecule has 1 heterocycles. The average molecular weight is 376 g/mol. The van der Waals surface area contributed by atoms with Crippen LogP contribution in [0.15, 0.2) is 18.2 Å². The first-order valence-electron chi connectivity index (χ1n) is 9.85. The molecule has 1 aromatic rings. The number of rotatable bonds is 4. The predicted octanol–water partition coefficient (Wildman–Crippen LogP) is 3.79. The van der Waals surface area contributed by atoms with Gasteiger partial charge in [-0.05, 0) is 71.3 Å². The van der Waals surface area contributed by atoms with Gasteiger partial charge < -0.3 is 19.1 Å². The molecule has 0 radical (unpaired) electrons. The number of esters is 1. The van der Waals surface area contributed by atoms with Gasteiger partial charge in [0.25, 0.3) is 0 Å². The van der Waals surface area contributed by atoms with Crippen molar-refractivity contribution < 1.29 is 19.0 Å². The monoisotopic (exact) mass is 375 g/mol. The van der Waals surface area contributed by atoms with Crippen LogP contribution in [-0.2, 0) is 14.9 Å². The Morgan fingerprint density at radius 1 is 1.15 bits per heavy atom. The number of likely N-dealkylation sites (N-methyl/N-ethyl adjacent to an activating group) is 1. The summed E-state index contributed by atoms with van der Waals surface area (Å²) >= 11 is 0. The molecule has 2 fully saturated rings. The Morgan fingerprint density at radius 2 is 1.85 bits per heavy atom. The fourth-order valence-corrected chi connectivity index (χ4v) is 4.66. The van der Waals surface area contributed by atoms with E-state index in [-0.39, 0.29) is 17.5 Å². The highest BCUT2D eigenvalue weighted by atomic mass is 16.5. The Hall–Kier alpha value is -1.75. The summed E-state index contributed by atoms with van der Waals surface area (Å²) in [6.07, 6.45) is 3.91. The van der Waals surface area contributed by atoms with E-state index in [2.05, 4.69) is 24.1 Å². The van der Waals surface area contributed by atoms with Gasteiger partial charge in [-0.1, -0.05) is 6.07 Å². The third-order valence-electron chi connectivity index (χ3n) is 6.32. The summed E-state index contributed by atoms with van der Waals surface area (Å²) in [5.41, 5.74) is 0.924. The van der Waals surface area contributed by atoms with E-state index in [0.717, 1.165) is 43.7 Å². The van der Waals surface area contributed by atoms with Gasteiger partial charge in [-0.25, -0.2) is 0 Å². The second kappa shape index (κ2) is 7.34. The zero-order valence-corrected chi connectivity index (χ0v) is 17.5. The molecule has 5 heteroatoms. The average Bonchev–Trinajstić information content (AvgIpc) is 2.98. The summed E-state index contributed by atoms with van der Waals surface area (Å²) in [7, 11) is 5.53. The summed E-state index contributed by atoms with van der Waals surface area (Å²) in [5, 5.41) is 0. The fraction of sp³-hybridized carbons (Fsp3) is 0.682. The van der Waals surface area contributed by atoms with E-state index in [1.807, 2.05) is 26.8 Å². The molecule has 0 N–H and O–H groups in total. The van der Waals surface area contributed by atoms with E-state index in [4.69, 9.17) is 14.2 Å². The molecule has 0 bridgehead atoms. The maximum absolute atomic E-state index is 12.3. The lowest BCUT2D eigenvalue weighted by Crippen LogP contribution is -2.48. The molecular weight excluding hydrogens is 342 g/mol. The van der Waals surface area contributed by atoms with Gasteiger partial charge >= 0.3 is 5.97 Å². The minimum Gasteiger partial charge on any atom is -0.493 e. The van der Waals surface area contributed by atoms with Crippen molar-refractivity contribution in [2.75, 3.05) is 27.8 Å². The van der Waals surface area contributed by atoms with Gasteiger partial charge in [-0.15, -0.1) is 0 Å². The molecule has 1 aromatic carbocycles. The standard InChI is InChI=1S/C22H33NO4/c1-21(2,3)20(24)27-16-9-10-22(11-12-23(4)19(22)14-16)15-7-8-17(25-5)18(13-15)26-6/h7-8,13,16,19H,9-12,14H2,1-6H3/t16-,19+,22+/m1/s1. The first-order valence-corrected chi connectivity index (χ1v) is 9.85. The first kappa shape index (κ1) is 20.0. The van der Waals surface area contributed by atoms with Gasteiger partial charge in [0.2, 0.25) is 0 Å². The molecule has 2 aliphatic rings. The van der Waals surface area contributed by atoms with E-state index in [0.29, 0.717) is 6.04 Å². The number of carbonyl (C=O) groups excluding carboxylic acids is 1. The lowest BCUT2D eigenvalue weighted by molar-refractivity contribution is -0.161. The molecule has 3 rings (SSSR count). The second-order valence-corrected chi connectivity index (χ2v) is 9.02. The molecule has 1 saturated heterocycles. The van der Waals surface area contributed by atoms with Crippen molar-refractivity contribution in [1.29, 1.82) is 0 Å². The number of methoxy groups -OCH3 is 2. The first-order chi connectivity index (χ1) is 12.7. The van der Waals surface area contributed by atoms with Crippen molar-refractivity contribution in [1.82, 2.24) is 4.90 Å². The lowest BCUT2D eigenvalue weighted by Gasteiger charge is -2.44. The highest BCUT2D eigenvalue weighted by molar-refractivity contribution is 5.75. The van der Waals surface area contributed by atoms with Gasteiger partial charge in [-0.2, -0.15) is 0 Å². The number of carbonyl (C=O) groups is 1. The number of likely N-dealkylation sites (tertiary alicyclic amines) is 1. The highest BCUT2D eigenvalue weighted by Gasteiger charge is 2.51. The summed E-state index contributed by atoms with van der Waals surface area (Å²) in [5.74, 6) is 1.43.